The van der Waals surface area contributed by atoms with Crippen LogP contribution >= 0.6 is 0 Å². The van der Waals surface area contributed by atoms with E-state index in [1.54, 1.807) is 24.5 Å². The molecule has 3 aromatic rings. The summed E-state index contributed by atoms with van der Waals surface area (Å²) < 4.78 is 45.1. The van der Waals surface area contributed by atoms with E-state index in [4.69, 9.17) is 14.2 Å². The van der Waals surface area contributed by atoms with Gasteiger partial charge in [0.25, 0.3) is 0 Å². The van der Waals surface area contributed by atoms with Crippen LogP contribution in [0.4, 0.5) is 5.82 Å². The molecule has 4 rings (SSSR count). The Bertz CT molecular complexity index is 1260. The van der Waals surface area contributed by atoms with E-state index < -0.39 is 10.0 Å². The van der Waals surface area contributed by atoms with Gasteiger partial charge in [0.15, 0.2) is 0 Å². The third-order valence-electron chi connectivity index (χ3n) is 5.82. The Labute approximate surface area is 212 Å². The summed E-state index contributed by atoms with van der Waals surface area (Å²) in [5.74, 6) is 2.47. The van der Waals surface area contributed by atoms with Crippen LogP contribution < -0.4 is 19.1 Å². The summed E-state index contributed by atoms with van der Waals surface area (Å²) in [7, 11) is -3.73. The molecule has 192 valence electrons. The van der Waals surface area contributed by atoms with Crippen LogP contribution in [0.3, 0.4) is 0 Å². The van der Waals surface area contributed by atoms with Crippen molar-refractivity contribution in [1.82, 2.24) is 14.3 Å². The molecule has 9 nitrogen and oxygen atoms in total. The van der Waals surface area contributed by atoms with Crippen molar-refractivity contribution in [2.45, 2.75) is 25.7 Å². The molecule has 0 atom stereocenters. The molecule has 1 saturated heterocycles. The van der Waals surface area contributed by atoms with Gasteiger partial charge in [-0.1, -0.05) is 0 Å². The van der Waals surface area contributed by atoms with Gasteiger partial charge in [0, 0.05) is 43.9 Å². The van der Waals surface area contributed by atoms with Gasteiger partial charge in [-0.25, -0.2) is 18.4 Å². The summed E-state index contributed by atoms with van der Waals surface area (Å²) in [5, 5.41) is 0. The Morgan fingerprint density at radius 3 is 2.08 bits per heavy atom. The number of hydrogen-bond acceptors (Lipinski definition) is 8. The molecule has 1 fully saturated rings. The molecule has 0 bridgehead atoms. The molecule has 2 aromatic carbocycles. The minimum absolute atomic E-state index is 0.154. The first-order valence-electron chi connectivity index (χ1n) is 12.2. The van der Waals surface area contributed by atoms with E-state index in [0.29, 0.717) is 57.5 Å². The fraction of sp³-hybridized carbons (Fsp3) is 0.385. The van der Waals surface area contributed by atoms with Crippen molar-refractivity contribution < 1.29 is 22.6 Å². The molecule has 0 radical (unpaired) electrons. The fourth-order valence-electron chi connectivity index (χ4n) is 4.09. The number of hydrogen-bond donors (Lipinski definition) is 0. The highest BCUT2D eigenvalue weighted by Gasteiger charge is 2.31. The lowest BCUT2D eigenvalue weighted by molar-refractivity contribution is 0.314. The smallest absolute Gasteiger partial charge is 0.246 e. The molecule has 0 spiro atoms. The quantitative estimate of drug-likeness (QED) is 0.404. The van der Waals surface area contributed by atoms with Crippen molar-refractivity contribution in [3.8, 4) is 28.5 Å². The van der Waals surface area contributed by atoms with E-state index in [1.165, 1.54) is 4.31 Å². The maximum Gasteiger partial charge on any atom is 0.246 e. The number of sulfonamides is 1. The summed E-state index contributed by atoms with van der Waals surface area (Å²) >= 11 is 0. The molecule has 0 amide bonds. The molecule has 1 aliphatic rings. The number of nitrogens with zero attached hydrogens (tertiary/aromatic N) is 4. The highest BCUT2D eigenvalue weighted by Crippen LogP contribution is 2.32. The van der Waals surface area contributed by atoms with Crippen LogP contribution in [0.15, 0.2) is 59.8 Å². The molecule has 36 heavy (non-hydrogen) atoms. The van der Waals surface area contributed by atoms with Crippen LogP contribution in [0, 0.1) is 0 Å². The Balaban J connectivity index is 1.47. The Morgan fingerprint density at radius 1 is 0.778 bits per heavy atom. The molecule has 0 aliphatic carbocycles. The molecule has 0 N–H and O–H groups in total. The van der Waals surface area contributed by atoms with Crippen molar-refractivity contribution in [3.05, 3.63) is 54.9 Å². The lowest BCUT2D eigenvalue weighted by Gasteiger charge is -2.35. The lowest BCUT2D eigenvalue weighted by atomic mass is 10.1. The number of rotatable bonds is 10. The van der Waals surface area contributed by atoms with Crippen molar-refractivity contribution in [1.29, 1.82) is 0 Å². The molecule has 1 aliphatic heterocycles. The molecule has 2 heterocycles. The second-order valence-electron chi connectivity index (χ2n) is 8.08. The van der Waals surface area contributed by atoms with Gasteiger partial charge in [-0.3, -0.25) is 0 Å². The van der Waals surface area contributed by atoms with Crippen LogP contribution in [0.25, 0.3) is 11.3 Å². The number of ether oxygens (including phenoxy) is 3. The molecule has 10 heteroatoms. The normalized spacial score (nSPS) is 14.5. The van der Waals surface area contributed by atoms with E-state index in [0.717, 1.165) is 22.8 Å². The minimum Gasteiger partial charge on any atom is -0.494 e. The molecule has 1 aromatic heterocycles. The van der Waals surface area contributed by atoms with E-state index in [-0.39, 0.29) is 4.90 Å². The summed E-state index contributed by atoms with van der Waals surface area (Å²) in [6.45, 7) is 8.82. The van der Waals surface area contributed by atoms with Crippen LogP contribution in [0.5, 0.6) is 17.2 Å². The average molecular weight is 513 g/mol. The Hall–Kier alpha value is -3.37. The van der Waals surface area contributed by atoms with E-state index >= 15 is 0 Å². The van der Waals surface area contributed by atoms with Crippen molar-refractivity contribution in [2.24, 2.45) is 0 Å². The second kappa shape index (κ2) is 11.6. The zero-order chi connectivity index (χ0) is 25.5. The van der Waals surface area contributed by atoms with Gasteiger partial charge >= 0.3 is 0 Å². The number of aromatic nitrogens is 2. The average Bonchev–Trinajstić information content (AvgIpc) is 2.90. The first-order chi connectivity index (χ1) is 17.5. The van der Waals surface area contributed by atoms with Gasteiger partial charge in [0.2, 0.25) is 10.0 Å². The predicted octanol–water partition coefficient (Wildman–Crippen LogP) is 3.85. The monoisotopic (exact) mass is 512 g/mol. The van der Waals surface area contributed by atoms with Crippen LogP contribution in [-0.4, -0.2) is 68.7 Å². The third kappa shape index (κ3) is 5.71. The van der Waals surface area contributed by atoms with Crippen molar-refractivity contribution in [2.75, 3.05) is 50.9 Å². The minimum atomic E-state index is -3.73. The molecule has 0 unspecified atom stereocenters. The van der Waals surface area contributed by atoms with Gasteiger partial charge in [0.05, 0.1) is 25.5 Å². The van der Waals surface area contributed by atoms with Crippen molar-refractivity contribution >= 4 is 15.8 Å². The largest absolute Gasteiger partial charge is 0.494 e. The summed E-state index contributed by atoms with van der Waals surface area (Å²) in [6.07, 6.45) is 1.54. The van der Waals surface area contributed by atoms with Crippen molar-refractivity contribution in [3.63, 3.8) is 0 Å². The van der Waals surface area contributed by atoms with Crippen LogP contribution in [0.2, 0.25) is 0 Å². The van der Waals surface area contributed by atoms with E-state index in [1.807, 2.05) is 51.1 Å². The Kier molecular flexibility index (Phi) is 8.27. The maximum absolute atomic E-state index is 13.5. The number of piperazine rings is 1. The summed E-state index contributed by atoms with van der Waals surface area (Å²) in [4.78, 5) is 11.1. The zero-order valence-corrected chi connectivity index (χ0v) is 21.7. The summed E-state index contributed by atoms with van der Waals surface area (Å²) in [5.41, 5.74) is 1.76. The van der Waals surface area contributed by atoms with Crippen LogP contribution in [0.1, 0.15) is 20.8 Å². The SMILES string of the molecule is CCOc1ccc(-c2cc(N3CCN(S(=O)(=O)c4ccc(OCC)cc4OCC)CC3)ncn2)cc1. The maximum atomic E-state index is 13.5. The first-order valence-corrected chi connectivity index (χ1v) is 13.6. The first kappa shape index (κ1) is 25.7. The number of benzene rings is 2. The lowest BCUT2D eigenvalue weighted by Crippen LogP contribution is -2.49. The molecular formula is C26H32N4O5S. The molecular weight excluding hydrogens is 480 g/mol. The highest BCUT2D eigenvalue weighted by molar-refractivity contribution is 7.89. The zero-order valence-electron chi connectivity index (χ0n) is 20.9. The Morgan fingerprint density at radius 2 is 1.42 bits per heavy atom. The third-order valence-corrected chi connectivity index (χ3v) is 7.76. The van der Waals surface area contributed by atoms with E-state index in [9.17, 15) is 8.42 Å². The second-order valence-corrected chi connectivity index (χ2v) is 9.99. The predicted molar refractivity (Wildman–Crippen MR) is 138 cm³/mol. The fourth-order valence-corrected chi connectivity index (χ4v) is 5.62. The van der Waals surface area contributed by atoms with Gasteiger partial charge in [-0.15, -0.1) is 0 Å². The topological polar surface area (TPSA) is 94.1 Å². The van der Waals surface area contributed by atoms with Gasteiger partial charge in [0.1, 0.15) is 34.3 Å². The highest BCUT2D eigenvalue weighted by atomic mass is 32.2. The summed E-state index contributed by atoms with van der Waals surface area (Å²) in [6, 6.07) is 14.6. The molecule has 0 saturated carbocycles. The van der Waals surface area contributed by atoms with Gasteiger partial charge in [-0.05, 0) is 57.2 Å². The van der Waals surface area contributed by atoms with Gasteiger partial charge < -0.3 is 19.1 Å². The van der Waals surface area contributed by atoms with E-state index in [2.05, 4.69) is 14.9 Å². The number of anilines is 1. The van der Waals surface area contributed by atoms with Gasteiger partial charge in [-0.2, -0.15) is 4.31 Å². The standard InChI is InChI=1S/C26H32N4O5S/c1-4-33-21-9-7-20(8-10-21)23-18-26(28-19-27-23)29-13-15-30(16-14-29)36(31,32)25-12-11-22(34-5-2)17-24(25)35-6-3/h7-12,17-19H,4-6,13-16H2,1-3H3. The van der Waals surface area contributed by atoms with Crippen LogP contribution in [-0.2, 0) is 10.0 Å².